The molecule has 2 amide bonds. The molecule has 6 nitrogen and oxygen atoms in total. The highest BCUT2D eigenvalue weighted by molar-refractivity contribution is 9.10. The summed E-state index contributed by atoms with van der Waals surface area (Å²) >= 11 is 4.71. The van der Waals surface area contributed by atoms with Gasteiger partial charge in [0.1, 0.15) is 11.0 Å². The van der Waals surface area contributed by atoms with Crippen LogP contribution in [0, 0.1) is 0 Å². The zero-order chi connectivity index (χ0) is 23.8. The minimum absolute atomic E-state index is 0.173. The van der Waals surface area contributed by atoms with Crippen LogP contribution in [-0.2, 0) is 22.4 Å². The van der Waals surface area contributed by atoms with Gasteiger partial charge in [0, 0.05) is 22.9 Å². The van der Waals surface area contributed by atoms with Gasteiger partial charge in [0.05, 0.1) is 0 Å². The Morgan fingerprint density at radius 2 is 1.50 bits per heavy atom. The molecule has 0 radical (unpaired) electrons. The second-order valence-electron chi connectivity index (χ2n) is 7.70. The van der Waals surface area contributed by atoms with E-state index in [1.807, 2.05) is 84.9 Å². The molecule has 34 heavy (non-hydrogen) atoms. The van der Waals surface area contributed by atoms with Crippen molar-refractivity contribution in [1.29, 1.82) is 0 Å². The number of anilines is 1. The molecule has 0 bridgehead atoms. The van der Waals surface area contributed by atoms with Gasteiger partial charge in [-0.25, -0.2) is 0 Å². The van der Waals surface area contributed by atoms with Crippen molar-refractivity contribution in [2.45, 2.75) is 25.3 Å². The summed E-state index contributed by atoms with van der Waals surface area (Å²) in [6.07, 6.45) is 1.29. The maximum atomic E-state index is 13.1. The van der Waals surface area contributed by atoms with Crippen LogP contribution < -0.4 is 10.6 Å². The fourth-order valence-electron chi connectivity index (χ4n) is 3.40. The summed E-state index contributed by atoms with van der Waals surface area (Å²) in [5, 5.41) is 15.1. The molecule has 4 aromatic rings. The van der Waals surface area contributed by atoms with Crippen molar-refractivity contribution in [3.8, 4) is 10.6 Å². The number of hydrogen-bond acceptors (Lipinski definition) is 5. The van der Waals surface area contributed by atoms with Gasteiger partial charge in [0.2, 0.25) is 16.9 Å². The standard InChI is InChI=1S/C26H23BrN4O2S/c27-21-14-12-20(13-15-21)25-30-31-26(34-25)29-24(33)22(17-19-9-5-2-6-10-19)28-23(32)16-11-18-7-3-1-4-8-18/h1-10,12-15,22H,11,16-17H2,(H,28,32)(H,29,31,33)/t22-/m1/s1. The van der Waals surface area contributed by atoms with Crippen LogP contribution in [0.5, 0.6) is 0 Å². The average Bonchev–Trinajstić information content (AvgIpc) is 3.32. The third kappa shape index (κ3) is 6.82. The highest BCUT2D eigenvalue weighted by atomic mass is 79.9. The number of carbonyl (C=O) groups excluding carboxylic acids is 2. The molecular formula is C26H23BrN4O2S. The molecule has 0 fully saturated rings. The van der Waals surface area contributed by atoms with Gasteiger partial charge in [-0.1, -0.05) is 100 Å². The molecule has 8 heteroatoms. The highest BCUT2D eigenvalue weighted by Crippen LogP contribution is 2.27. The van der Waals surface area contributed by atoms with Gasteiger partial charge in [-0.15, -0.1) is 10.2 Å². The number of halogens is 1. The van der Waals surface area contributed by atoms with Crippen LogP contribution in [0.25, 0.3) is 10.6 Å². The molecule has 1 atom stereocenters. The highest BCUT2D eigenvalue weighted by Gasteiger charge is 2.23. The topological polar surface area (TPSA) is 84.0 Å². The van der Waals surface area contributed by atoms with Gasteiger partial charge in [0.15, 0.2) is 0 Å². The Morgan fingerprint density at radius 1 is 0.853 bits per heavy atom. The van der Waals surface area contributed by atoms with Gasteiger partial charge in [0.25, 0.3) is 0 Å². The maximum Gasteiger partial charge on any atom is 0.249 e. The Morgan fingerprint density at radius 3 is 2.18 bits per heavy atom. The van der Waals surface area contributed by atoms with Crippen LogP contribution in [-0.4, -0.2) is 28.1 Å². The van der Waals surface area contributed by atoms with E-state index >= 15 is 0 Å². The lowest BCUT2D eigenvalue weighted by Crippen LogP contribution is -2.45. The minimum Gasteiger partial charge on any atom is -0.344 e. The fraction of sp³-hybridized carbons (Fsp3) is 0.154. The van der Waals surface area contributed by atoms with Crippen molar-refractivity contribution in [2.75, 3.05) is 5.32 Å². The molecular weight excluding hydrogens is 512 g/mol. The Bertz CT molecular complexity index is 1230. The number of aromatic nitrogens is 2. The molecule has 0 aliphatic carbocycles. The molecule has 1 aromatic heterocycles. The zero-order valence-electron chi connectivity index (χ0n) is 18.3. The summed E-state index contributed by atoms with van der Waals surface area (Å²) in [5.41, 5.74) is 2.95. The predicted octanol–water partition coefficient (Wildman–Crippen LogP) is 5.27. The monoisotopic (exact) mass is 534 g/mol. The molecule has 0 unspecified atom stereocenters. The lowest BCUT2D eigenvalue weighted by molar-refractivity contribution is -0.126. The number of nitrogens with one attached hydrogen (secondary N) is 2. The first-order valence-electron chi connectivity index (χ1n) is 10.8. The molecule has 4 rings (SSSR count). The lowest BCUT2D eigenvalue weighted by Gasteiger charge is -2.18. The maximum absolute atomic E-state index is 13.1. The largest absolute Gasteiger partial charge is 0.344 e. The van der Waals surface area contributed by atoms with E-state index in [0.29, 0.717) is 29.4 Å². The van der Waals surface area contributed by atoms with E-state index in [9.17, 15) is 9.59 Å². The number of hydrogen-bond donors (Lipinski definition) is 2. The van der Waals surface area contributed by atoms with Crippen LogP contribution in [0.1, 0.15) is 17.5 Å². The van der Waals surface area contributed by atoms with E-state index in [1.54, 1.807) is 0 Å². The van der Waals surface area contributed by atoms with E-state index in [2.05, 4.69) is 36.8 Å². The average molecular weight is 535 g/mol. The smallest absolute Gasteiger partial charge is 0.249 e. The number of nitrogens with zero attached hydrogens (tertiary/aromatic N) is 2. The molecule has 0 saturated heterocycles. The number of rotatable bonds is 9. The van der Waals surface area contributed by atoms with Crippen molar-refractivity contribution in [3.63, 3.8) is 0 Å². The fourth-order valence-corrected chi connectivity index (χ4v) is 4.42. The van der Waals surface area contributed by atoms with Gasteiger partial charge in [-0.3, -0.25) is 14.9 Å². The minimum atomic E-state index is -0.731. The van der Waals surface area contributed by atoms with Gasteiger partial charge < -0.3 is 5.32 Å². The summed E-state index contributed by atoms with van der Waals surface area (Å²) in [5.74, 6) is -0.497. The third-order valence-electron chi connectivity index (χ3n) is 5.16. The van der Waals surface area contributed by atoms with Crippen molar-refractivity contribution in [1.82, 2.24) is 15.5 Å². The Hall–Kier alpha value is -3.36. The van der Waals surface area contributed by atoms with Crippen molar-refractivity contribution in [3.05, 3.63) is 101 Å². The number of benzene rings is 3. The van der Waals surface area contributed by atoms with Gasteiger partial charge >= 0.3 is 0 Å². The normalized spacial score (nSPS) is 11.6. The van der Waals surface area contributed by atoms with Gasteiger partial charge in [-0.2, -0.15) is 0 Å². The summed E-state index contributed by atoms with van der Waals surface area (Å²) in [7, 11) is 0. The van der Waals surface area contributed by atoms with Crippen LogP contribution in [0.15, 0.2) is 89.4 Å². The van der Waals surface area contributed by atoms with E-state index in [1.165, 1.54) is 11.3 Å². The van der Waals surface area contributed by atoms with Crippen LogP contribution in [0.4, 0.5) is 5.13 Å². The van der Waals surface area contributed by atoms with E-state index < -0.39 is 6.04 Å². The second kappa shape index (κ2) is 11.7. The van der Waals surface area contributed by atoms with Crippen molar-refractivity contribution < 1.29 is 9.59 Å². The van der Waals surface area contributed by atoms with E-state index in [4.69, 9.17) is 0 Å². The lowest BCUT2D eigenvalue weighted by atomic mass is 10.0. The summed E-state index contributed by atoms with van der Waals surface area (Å²) < 4.78 is 0.973. The van der Waals surface area contributed by atoms with Gasteiger partial charge in [-0.05, 0) is 29.7 Å². The van der Waals surface area contributed by atoms with Crippen LogP contribution in [0.3, 0.4) is 0 Å². The predicted molar refractivity (Wildman–Crippen MR) is 139 cm³/mol. The summed E-state index contributed by atoms with van der Waals surface area (Å²) in [6.45, 7) is 0. The molecule has 0 aliphatic heterocycles. The van der Waals surface area contributed by atoms with Crippen LogP contribution in [0.2, 0.25) is 0 Å². The number of aryl methyl sites for hydroxylation is 1. The molecule has 1 heterocycles. The molecule has 172 valence electrons. The molecule has 0 spiro atoms. The number of carbonyl (C=O) groups is 2. The zero-order valence-corrected chi connectivity index (χ0v) is 20.7. The van der Waals surface area contributed by atoms with E-state index in [0.717, 1.165) is 21.2 Å². The Balaban J connectivity index is 1.43. The molecule has 0 aliphatic rings. The van der Waals surface area contributed by atoms with Crippen molar-refractivity contribution >= 4 is 44.2 Å². The second-order valence-corrected chi connectivity index (χ2v) is 9.60. The Labute approximate surface area is 210 Å². The van der Waals surface area contributed by atoms with Crippen LogP contribution >= 0.6 is 27.3 Å². The first-order chi connectivity index (χ1) is 16.6. The molecule has 3 aromatic carbocycles. The molecule has 2 N–H and O–H groups in total. The first-order valence-corrected chi connectivity index (χ1v) is 12.5. The van der Waals surface area contributed by atoms with Crippen molar-refractivity contribution in [2.24, 2.45) is 0 Å². The number of amides is 2. The summed E-state index contributed by atoms with van der Waals surface area (Å²) in [4.78, 5) is 25.8. The molecule has 0 saturated carbocycles. The Kier molecular flexibility index (Phi) is 8.17. The first kappa shape index (κ1) is 23.8. The summed E-state index contributed by atoms with van der Waals surface area (Å²) in [6, 6.07) is 26.4. The van der Waals surface area contributed by atoms with E-state index in [-0.39, 0.29) is 11.8 Å². The SMILES string of the molecule is O=C(CCc1ccccc1)N[C@H](Cc1ccccc1)C(=O)Nc1nnc(-c2ccc(Br)cc2)s1. The third-order valence-corrected chi connectivity index (χ3v) is 6.58. The quantitative estimate of drug-likeness (QED) is 0.306.